The van der Waals surface area contributed by atoms with Crippen LogP contribution in [0.5, 0.6) is 0 Å². The molecule has 0 saturated heterocycles. The molecule has 0 unspecified atom stereocenters. The van der Waals surface area contributed by atoms with Crippen LogP contribution in [0.4, 0.5) is 4.39 Å². The highest BCUT2D eigenvalue weighted by Crippen LogP contribution is 2.21. The Hall–Kier alpha value is -3.26. The number of amides is 1. The Morgan fingerprint density at radius 2 is 1.67 bits per heavy atom. The van der Waals surface area contributed by atoms with Gasteiger partial charge in [-0.3, -0.25) is 9.59 Å². The summed E-state index contributed by atoms with van der Waals surface area (Å²) in [6.45, 7) is 3.03. The molecular weight excluding hydrogens is 407 g/mol. The largest absolute Gasteiger partial charge is 0.350 e. The van der Waals surface area contributed by atoms with Crippen LogP contribution in [0.1, 0.15) is 16.8 Å². The third-order valence-corrected chi connectivity index (χ3v) is 6.60. The van der Waals surface area contributed by atoms with Crippen molar-refractivity contribution in [1.29, 1.82) is 0 Å². The van der Waals surface area contributed by atoms with Gasteiger partial charge in [-0.15, -0.1) is 0 Å². The maximum Gasteiger partial charge on any atom is 0.270 e. The lowest BCUT2D eigenvalue weighted by atomic mass is 10.2. The molecule has 0 aliphatic rings. The number of carbonyl (C=O) groups is 1. The number of benzene rings is 2. The van der Waals surface area contributed by atoms with Gasteiger partial charge < -0.3 is 9.88 Å². The molecule has 0 aliphatic heterocycles. The molecule has 0 fully saturated rings. The number of rotatable bonds is 6. The van der Waals surface area contributed by atoms with Crippen LogP contribution in [-0.2, 0) is 27.7 Å². The van der Waals surface area contributed by atoms with Gasteiger partial charge in [-0.1, -0.05) is 30.3 Å². The molecule has 0 saturated carbocycles. The van der Waals surface area contributed by atoms with Crippen molar-refractivity contribution in [3.05, 3.63) is 93.7 Å². The van der Waals surface area contributed by atoms with Gasteiger partial charge in [-0.05, 0) is 55.3 Å². The summed E-state index contributed by atoms with van der Waals surface area (Å²) >= 11 is 0. The minimum Gasteiger partial charge on any atom is -0.350 e. The Morgan fingerprint density at radius 1 is 1.03 bits per heavy atom. The van der Waals surface area contributed by atoms with E-state index in [4.69, 9.17) is 0 Å². The van der Waals surface area contributed by atoms with E-state index in [1.807, 2.05) is 0 Å². The van der Waals surface area contributed by atoms with Gasteiger partial charge in [0.2, 0.25) is 15.7 Å². The summed E-state index contributed by atoms with van der Waals surface area (Å²) in [6, 6.07) is 14.9. The molecule has 0 radical (unpaired) electrons. The van der Waals surface area contributed by atoms with Crippen molar-refractivity contribution in [2.75, 3.05) is 0 Å². The van der Waals surface area contributed by atoms with Gasteiger partial charge >= 0.3 is 0 Å². The van der Waals surface area contributed by atoms with E-state index in [9.17, 15) is 22.4 Å². The zero-order chi connectivity index (χ0) is 21.9. The molecule has 0 atom stereocenters. The van der Waals surface area contributed by atoms with E-state index in [2.05, 4.69) is 5.32 Å². The standard InChI is InChI=1S/C22H21FN2O4S/c1-15-12-16(2)25(14-20(26)24-13-17-8-10-18(23)11-9-17)22(27)21(15)30(28,29)19-6-4-3-5-7-19/h3-12H,13-14H2,1-2H3,(H,24,26). The van der Waals surface area contributed by atoms with Crippen molar-refractivity contribution in [2.24, 2.45) is 0 Å². The van der Waals surface area contributed by atoms with Crippen LogP contribution >= 0.6 is 0 Å². The quantitative estimate of drug-likeness (QED) is 0.654. The normalized spacial score (nSPS) is 11.3. The number of hydrogen-bond acceptors (Lipinski definition) is 4. The summed E-state index contributed by atoms with van der Waals surface area (Å²) < 4.78 is 40.2. The summed E-state index contributed by atoms with van der Waals surface area (Å²) in [5.74, 6) is -0.837. The first kappa shape index (κ1) is 21.4. The predicted octanol–water partition coefficient (Wildman–Crippen LogP) is 2.75. The Morgan fingerprint density at radius 3 is 2.30 bits per heavy atom. The van der Waals surface area contributed by atoms with Crippen molar-refractivity contribution in [2.45, 2.75) is 36.7 Å². The first-order chi connectivity index (χ1) is 14.2. The highest BCUT2D eigenvalue weighted by molar-refractivity contribution is 7.91. The summed E-state index contributed by atoms with van der Waals surface area (Å²) in [6.07, 6.45) is 0. The molecule has 0 aliphatic carbocycles. The number of aromatic nitrogens is 1. The zero-order valence-corrected chi connectivity index (χ0v) is 17.4. The fourth-order valence-electron chi connectivity index (χ4n) is 3.15. The predicted molar refractivity (Wildman–Crippen MR) is 110 cm³/mol. The van der Waals surface area contributed by atoms with Crippen molar-refractivity contribution >= 4 is 15.7 Å². The SMILES string of the molecule is Cc1cc(C)n(CC(=O)NCc2ccc(F)cc2)c(=O)c1S(=O)(=O)c1ccccc1. The van der Waals surface area contributed by atoms with Crippen molar-refractivity contribution < 1.29 is 17.6 Å². The van der Waals surface area contributed by atoms with E-state index in [1.54, 1.807) is 50.2 Å². The summed E-state index contributed by atoms with van der Waals surface area (Å²) in [5, 5.41) is 2.66. The number of sulfone groups is 1. The molecule has 1 amide bonds. The number of halogens is 1. The Kier molecular flexibility index (Phi) is 6.17. The fraction of sp³-hybridized carbons (Fsp3) is 0.182. The van der Waals surface area contributed by atoms with E-state index in [0.717, 1.165) is 4.57 Å². The first-order valence-electron chi connectivity index (χ1n) is 9.22. The molecule has 156 valence electrons. The molecule has 6 nitrogen and oxygen atoms in total. The molecule has 3 rings (SSSR count). The van der Waals surface area contributed by atoms with E-state index in [-0.39, 0.29) is 28.7 Å². The van der Waals surface area contributed by atoms with Gasteiger partial charge in [0.05, 0.1) is 4.90 Å². The van der Waals surface area contributed by atoms with Gasteiger partial charge in [0.25, 0.3) is 5.56 Å². The molecule has 0 spiro atoms. The highest BCUT2D eigenvalue weighted by atomic mass is 32.2. The molecule has 30 heavy (non-hydrogen) atoms. The summed E-state index contributed by atoms with van der Waals surface area (Å²) in [5.41, 5.74) is 0.754. The Labute approximate surface area is 173 Å². The molecule has 3 aromatic rings. The van der Waals surface area contributed by atoms with Gasteiger partial charge in [0.1, 0.15) is 17.3 Å². The van der Waals surface area contributed by atoms with E-state index in [1.165, 1.54) is 24.3 Å². The molecule has 1 aromatic heterocycles. The lowest BCUT2D eigenvalue weighted by Crippen LogP contribution is -2.35. The Bertz CT molecular complexity index is 1230. The molecular formula is C22H21FN2O4S. The van der Waals surface area contributed by atoms with Crippen LogP contribution < -0.4 is 10.9 Å². The molecule has 1 N–H and O–H groups in total. The van der Waals surface area contributed by atoms with Gasteiger partial charge in [-0.25, -0.2) is 12.8 Å². The van der Waals surface area contributed by atoms with Gasteiger partial charge in [0, 0.05) is 12.2 Å². The second-order valence-electron chi connectivity index (χ2n) is 6.91. The molecule has 1 heterocycles. The van der Waals surface area contributed by atoms with Crippen LogP contribution in [0.2, 0.25) is 0 Å². The average Bonchev–Trinajstić information content (AvgIpc) is 2.71. The third-order valence-electron chi connectivity index (χ3n) is 4.68. The van der Waals surface area contributed by atoms with E-state index in [0.29, 0.717) is 16.8 Å². The van der Waals surface area contributed by atoms with Crippen LogP contribution in [0.25, 0.3) is 0 Å². The van der Waals surface area contributed by atoms with Gasteiger partial charge in [0.15, 0.2) is 0 Å². The number of aryl methyl sites for hydroxylation is 2. The number of pyridine rings is 1. The van der Waals surface area contributed by atoms with Crippen LogP contribution in [-0.4, -0.2) is 18.9 Å². The zero-order valence-electron chi connectivity index (χ0n) is 16.6. The summed E-state index contributed by atoms with van der Waals surface area (Å²) in [4.78, 5) is 25.1. The Balaban J connectivity index is 1.89. The average molecular weight is 428 g/mol. The smallest absolute Gasteiger partial charge is 0.270 e. The van der Waals surface area contributed by atoms with E-state index >= 15 is 0 Å². The minimum atomic E-state index is -4.04. The number of nitrogens with zero attached hydrogens (tertiary/aromatic N) is 1. The van der Waals surface area contributed by atoms with Crippen LogP contribution in [0.3, 0.4) is 0 Å². The van der Waals surface area contributed by atoms with Crippen LogP contribution in [0.15, 0.2) is 75.2 Å². The second-order valence-corrected chi connectivity index (χ2v) is 8.80. The number of hydrogen-bond donors (Lipinski definition) is 1. The second kappa shape index (κ2) is 8.62. The monoisotopic (exact) mass is 428 g/mol. The topological polar surface area (TPSA) is 85.2 Å². The number of carbonyl (C=O) groups excluding carboxylic acids is 1. The maximum atomic E-state index is 13.0. The highest BCUT2D eigenvalue weighted by Gasteiger charge is 2.26. The minimum absolute atomic E-state index is 0.0152. The summed E-state index contributed by atoms with van der Waals surface area (Å²) in [7, 11) is -4.04. The number of nitrogens with one attached hydrogen (secondary N) is 1. The maximum absolute atomic E-state index is 13.0. The first-order valence-corrected chi connectivity index (χ1v) is 10.7. The molecule has 0 bridgehead atoms. The molecule has 2 aromatic carbocycles. The molecule has 8 heteroatoms. The van der Waals surface area contributed by atoms with Crippen LogP contribution in [0, 0.1) is 19.7 Å². The lowest BCUT2D eigenvalue weighted by Gasteiger charge is -2.15. The lowest BCUT2D eigenvalue weighted by molar-refractivity contribution is -0.121. The van der Waals surface area contributed by atoms with Crippen molar-refractivity contribution in [3.63, 3.8) is 0 Å². The van der Waals surface area contributed by atoms with Crippen molar-refractivity contribution in [1.82, 2.24) is 9.88 Å². The fourth-order valence-corrected chi connectivity index (χ4v) is 4.73. The van der Waals surface area contributed by atoms with E-state index < -0.39 is 21.3 Å². The van der Waals surface area contributed by atoms with Gasteiger partial charge in [-0.2, -0.15) is 0 Å². The third kappa shape index (κ3) is 4.49. The van der Waals surface area contributed by atoms with Crippen molar-refractivity contribution in [3.8, 4) is 0 Å².